The van der Waals surface area contributed by atoms with Crippen LogP contribution in [0.15, 0.2) is 0 Å². The molecule has 1 aliphatic rings. The Bertz CT molecular complexity index is 182. The van der Waals surface area contributed by atoms with Gasteiger partial charge in [-0.2, -0.15) is 0 Å². The molecule has 0 heterocycles. The zero-order chi connectivity index (χ0) is 10.8. The van der Waals surface area contributed by atoms with Gasteiger partial charge in [0.25, 0.3) is 0 Å². The average Bonchev–Trinajstić information content (AvgIpc) is 2.38. The van der Waals surface area contributed by atoms with Gasteiger partial charge in [-0.15, -0.1) is 0 Å². The van der Waals surface area contributed by atoms with Crippen molar-refractivity contribution in [1.29, 1.82) is 0 Å². The van der Waals surface area contributed by atoms with E-state index in [2.05, 4.69) is 27.7 Å². The highest BCUT2D eigenvalue weighted by molar-refractivity contribution is 4.99. The largest absolute Gasteiger partial charge is 0.389 e. The van der Waals surface area contributed by atoms with E-state index in [1.54, 1.807) is 0 Å². The number of aliphatic hydroxyl groups is 1. The Morgan fingerprint density at radius 2 is 1.71 bits per heavy atom. The molecule has 0 aliphatic heterocycles. The third-order valence-corrected chi connectivity index (χ3v) is 4.43. The Labute approximate surface area is 88.9 Å². The van der Waals surface area contributed by atoms with Crippen LogP contribution >= 0.6 is 0 Å². The highest BCUT2D eigenvalue weighted by atomic mass is 16.3. The van der Waals surface area contributed by atoms with Gasteiger partial charge in [0.05, 0.1) is 5.60 Å². The fourth-order valence-electron chi connectivity index (χ4n) is 2.83. The van der Waals surface area contributed by atoms with Crippen LogP contribution in [-0.2, 0) is 0 Å². The minimum absolute atomic E-state index is 0.135. The summed E-state index contributed by atoms with van der Waals surface area (Å²) in [5.74, 6) is 0.706. The second kappa shape index (κ2) is 4.22. The number of rotatable bonds is 4. The van der Waals surface area contributed by atoms with E-state index in [4.69, 9.17) is 0 Å². The lowest BCUT2D eigenvalue weighted by Crippen LogP contribution is -2.41. The molecule has 0 aromatic heterocycles. The highest BCUT2D eigenvalue weighted by Crippen LogP contribution is 2.49. The first-order valence-corrected chi connectivity index (χ1v) is 6.17. The van der Waals surface area contributed by atoms with E-state index < -0.39 is 0 Å². The standard InChI is InChI=1S/C13H26O/c1-5-11(6-2)10-13(14)9-7-8-12(13,3)4/h11,14H,5-10H2,1-4H3. The van der Waals surface area contributed by atoms with Crippen molar-refractivity contribution in [2.75, 3.05) is 0 Å². The van der Waals surface area contributed by atoms with Gasteiger partial charge < -0.3 is 5.11 Å². The van der Waals surface area contributed by atoms with E-state index in [0.717, 1.165) is 12.8 Å². The minimum Gasteiger partial charge on any atom is -0.389 e. The van der Waals surface area contributed by atoms with Crippen molar-refractivity contribution in [2.24, 2.45) is 11.3 Å². The normalized spacial score (nSPS) is 31.3. The molecule has 1 aliphatic carbocycles. The van der Waals surface area contributed by atoms with Gasteiger partial charge in [0.1, 0.15) is 0 Å². The summed E-state index contributed by atoms with van der Waals surface area (Å²) in [6, 6.07) is 0. The second-order valence-corrected chi connectivity index (χ2v) is 5.66. The van der Waals surface area contributed by atoms with Crippen LogP contribution < -0.4 is 0 Å². The van der Waals surface area contributed by atoms with Crippen LogP contribution in [0.1, 0.15) is 66.2 Å². The molecule has 1 heteroatoms. The molecule has 14 heavy (non-hydrogen) atoms. The molecule has 0 bridgehead atoms. The van der Waals surface area contributed by atoms with E-state index in [1.165, 1.54) is 25.7 Å². The summed E-state index contributed by atoms with van der Waals surface area (Å²) >= 11 is 0. The Morgan fingerprint density at radius 1 is 1.14 bits per heavy atom. The lowest BCUT2D eigenvalue weighted by Gasteiger charge is -2.39. The molecular weight excluding hydrogens is 172 g/mol. The SMILES string of the molecule is CCC(CC)CC1(O)CCCC1(C)C. The summed E-state index contributed by atoms with van der Waals surface area (Å²) in [4.78, 5) is 0. The van der Waals surface area contributed by atoms with Crippen LogP contribution in [0.25, 0.3) is 0 Å². The van der Waals surface area contributed by atoms with Gasteiger partial charge in [-0.25, -0.2) is 0 Å². The Morgan fingerprint density at radius 3 is 2.07 bits per heavy atom. The van der Waals surface area contributed by atoms with Gasteiger partial charge in [-0.3, -0.25) is 0 Å². The molecule has 1 N–H and O–H groups in total. The maximum Gasteiger partial charge on any atom is 0.0701 e. The molecule has 1 nitrogen and oxygen atoms in total. The Hall–Kier alpha value is -0.0400. The predicted molar refractivity (Wildman–Crippen MR) is 61.3 cm³/mol. The zero-order valence-corrected chi connectivity index (χ0v) is 10.3. The summed E-state index contributed by atoms with van der Waals surface area (Å²) in [6.07, 6.45) is 6.81. The van der Waals surface area contributed by atoms with Crippen molar-refractivity contribution in [3.05, 3.63) is 0 Å². The first kappa shape index (κ1) is 12.0. The number of hydrogen-bond donors (Lipinski definition) is 1. The van der Waals surface area contributed by atoms with Crippen LogP contribution in [0, 0.1) is 11.3 Å². The quantitative estimate of drug-likeness (QED) is 0.729. The summed E-state index contributed by atoms with van der Waals surface area (Å²) in [5.41, 5.74) is -0.251. The summed E-state index contributed by atoms with van der Waals surface area (Å²) < 4.78 is 0. The fraction of sp³-hybridized carbons (Fsp3) is 1.00. The summed E-state index contributed by atoms with van der Waals surface area (Å²) in [6.45, 7) is 8.92. The monoisotopic (exact) mass is 198 g/mol. The first-order valence-electron chi connectivity index (χ1n) is 6.17. The maximum atomic E-state index is 10.7. The molecule has 0 radical (unpaired) electrons. The van der Waals surface area contributed by atoms with Crippen molar-refractivity contribution in [3.63, 3.8) is 0 Å². The van der Waals surface area contributed by atoms with Gasteiger partial charge in [-0.1, -0.05) is 40.5 Å². The third-order valence-electron chi connectivity index (χ3n) is 4.43. The van der Waals surface area contributed by atoms with Gasteiger partial charge in [0.15, 0.2) is 0 Å². The van der Waals surface area contributed by atoms with Crippen molar-refractivity contribution >= 4 is 0 Å². The molecule has 1 saturated carbocycles. The van der Waals surface area contributed by atoms with Gasteiger partial charge >= 0.3 is 0 Å². The average molecular weight is 198 g/mol. The topological polar surface area (TPSA) is 20.2 Å². The van der Waals surface area contributed by atoms with Crippen LogP contribution in [0.5, 0.6) is 0 Å². The molecular formula is C13H26O. The lowest BCUT2D eigenvalue weighted by atomic mass is 9.72. The van der Waals surface area contributed by atoms with E-state index in [9.17, 15) is 5.11 Å². The van der Waals surface area contributed by atoms with Gasteiger partial charge in [-0.05, 0) is 37.0 Å². The zero-order valence-electron chi connectivity index (χ0n) is 10.3. The highest BCUT2D eigenvalue weighted by Gasteiger charge is 2.47. The van der Waals surface area contributed by atoms with E-state index in [0.29, 0.717) is 5.92 Å². The van der Waals surface area contributed by atoms with Crippen LogP contribution in [-0.4, -0.2) is 10.7 Å². The molecule has 1 unspecified atom stereocenters. The van der Waals surface area contributed by atoms with Crippen molar-refractivity contribution in [1.82, 2.24) is 0 Å². The van der Waals surface area contributed by atoms with E-state index in [-0.39, 0.29) is 11.0 Å². The third kappa shape index (κ3) is 2.13. The van der Waals surface area contributed by atoms with Gasteiger partial charge in [0.2, 0.25) is 0 Å². The molecule has 0 aromatic rings. The van der Waals surface area contributed by atoms with E-state index >= 15 is 0 Å². The minimum atomic E-state index is -0.385. The van der Waals surface area contributed by atoms with Crippen molar-refractivity contribution in [2.45, 2.75) is 71.8 Å². The maximum absolute atomic E-state index is 10.7. The molecule has 0 aromatic carbocycles. The predicted octanol–water partition coefficient (Wildman–Crippen LogP) is 3.75. The lowest BCUT2D eigenvalue weighted by molar-refractivity contribution is -0.0619. The van der Waals surface area contributed by atoms with Crippen LogP contribution in [0.4, 0.5) is 0 Å². The number of hydrogen-bond acceptors (Lipinski definition) is 1. The molecule has 1 atom stereocenters. The fourth-order valence-corrected chi connectivity index (χ4v) is 2.83. The Kier molecular flexibility index (Phi) is 3.63. The molecule has 0 saturated heterocycles. The first-order chi connectivity index (χ1) is 6.45. The second-order valence-electron chi connectivity index (χ2n) is 5.66. The molecule has 0 spiro atoms. The molecule has 84 valence electrons. The molecule has 1 fully saturated rings. The molecule has 0 amide bonds. The van der Waals surface area contributed by atoms with Crippen LogP contribution in [0.3, 0.4) is 0 Å². The Balaban J connectivity index is 2.65. The van der Waals surface area contributed by atoms with Crippen molar-refractivity contribution < 1.29 is 5.11 Å². The van der Waals surface area contributed by atoms with Crippen LogP contribution in [0.2, 0.25) is 0 Å². The van der Waals surface area contributed by atoms with Crippen molar-refractivity contribution in [3.8, 4) is 0 Å². The smallest absolute Gasteiger partial charge is 0.0701 e. The van der Waals surface area contributed by atoms with Gasteiger partial charge in [0, 0.05) is 0 Å². The summed E-state index contributed by atoms with van der Waals surface area (Å²) in [5, 5.41) is 10.7. The molecule has 1 rings (SSSR count). The van der Waals surface area contributed by atoms with E-state index in [1.807, 2.05) is 0 Å². The summed E-state index contributed by atoms with van der Waals surface area (Å²) in [7, 11) is 0.